The monoisotopic (exact) mass is 486 g/mol. The van der Waals surface area contributed by atoms with Crippen molar-refractivity contribution in [1.82, 2.24) is 0 Å². The molecular formula is C31H41F3O. The van der Waals surface area contributed by atoms with E-state index in [1.165, 1.54) is 6.42 Å². The van der Waals surface area contributed by atoms with Crippen molar-refractivity contribution < 1.29 is 17.9 Å². The van der Waals surface area contributed by atoms with Crippen LogP contribution in [0.25, 0.3) is 0 Å². The summed E-state index contributed by atoms with van der Waals surface area (Å²) < 4.78 is 50.2. The number of hydrogen-bond donors (Lipinski definition) is 0. The standard InChI is InChI=1S/C31H41F3O/c1-3-5-6-24-11-12-25(19-29(24)32)22-13-16-27(17-14-22)35-20-26-15-18-28(31(34)30(26)33)23-9-7-21(4-2)8-10-23/h11-12,15,18-19,21-23,27H,3-10,13-14,16-17,20H2,1-2H3. The van der Waals surface area contributed by atoms with Gasteiger partial charge in [-0.15, -0.1) is 0 Å². The Morgan fingerprint density at radius 1 is 0.771 bits per heavy atom. The zero-order valence-electron chi connectivity index (χ0n) is 21.4. The molecule has 35 heavy (non-hydrogen) atoms. The van der Waals surface area contributed by atoms with Crippen molar-refractivity contribution in [2.45, 2.75) is 115 Å². The van der Waals surface area contributed by atoms with Crippen LogP contribution >= 0.6 is 0 Å². The van der Waals surface area contributed by atoms with E-state index in [4.69, 9.17) is 4.74 Å². The summed E-state index contributed by atoms with van der Waals surface area (Å²) in [4.78, 5) is 0. The fourth-order valence-electron chi connectivity index (χ4n) is 6.07. The second-order valence-corrected chi connectivity index (χ2v) is 10.8. The van der Waals surface area contributed by atoms with Crippen LogP contribution in [0.3, 0.4) is 0 Å². The van der Waals surface area contributed by atoms with E-state index in [-0.39, 0.29) is 24.4 Å². The summed E-state index contributed by atoms with van der Waals surface area (Å²) in [7, 11) is 0. The molecule has 2 saturated carbocycles. The first-order valence-corrected chi connectivity index (χ1v) is 13.9. The Labute approximate surface area is 209 Å². The predicted octanol–water partition coefficient (Wildman–Crippen LogP) is 9.37. The van der Waals surface area contributed by atoms with Crippen LogP contribution in [0.5, 0.6) is 0 Å². The van der Waals surface area contributed by atoms with Crippen LogP contribution in [-0.4, -0.2) is 6.10 Å². The average molecular weight is 487 g/mol. The van der Waals surface area contributed by atoms with Crippen LogP contribution in [0.15, 0.2) is 30.3 Å². The molecule has 0 amide bonds. The summed E-state index contributed by atoms with van der Waals surface area (Å²) in [6.45, 7) is 4.42. The number of ether oxygens (including phenoxy) is 1. The predicted molar refractivity (Wildman–Crippen MR) is 136 cm³/mol. The molecule has 0 unspecified atom stereocenters. The van der Waals surface area contributed by atoms with Gasteiger partial charge in [-0.2, -0.15) is 0 Å². The van der Waals surface area contributed by atoms with E-state index in [1.807, 2.05) is 6.07 Å². The molecule has 2 aromatic carbocycles. The van der Waals surface area contributed by atoms with Crippen molar-refractivity contribution in [2.24, 2.45) is 5.92 Å². The first kappa shape index (κ1) is 26.3. The Morgan fingerprint density at radius 3 is 2.11 bits per heavy atom. The van der Waals surface area contributed by atoms with Gasteiger partial charge >= 0.3 is 0 Å². The average Bonchev–Trinajstić information content (AvgIpc) is 2.89. The van der Waals surface area contributed by atoms with Crippen molar-refractivity contribution in [3.63, 3.8) is 0 Å². The maximum Gasteiger partial charge on any atom is 0.164 e. The maximum absolute atomic E-state index is 14.9. The molecule has 0 atom stereocenters. The zero-order valence-corrected chi connectivity index (χ0v) is 21.4. The lowest BCUT2D eigenvalue weighted by Crippen LogP contribution is -2.21. The van der Waals surface area contributed by atoms with Crippen molar-refractivity contribution in [1.29, 1.82) is 0 Å². The Hall–Kier alpha value is -1.81. The Balaban J connectivity index is 1.28. The molecule has 0 aliphatic heterocycles. The van der Waals surface area contributed by atoms with Crippen molar-refractivity contribution in [3.8, 4) is 0 Å². The fourth-order valence-corrected chi connectivity index (χ4v) is 6.07. The molecule has 2 aliphatic carbocycles. The summed E-state index contributed by atoms with van der Waals surface area (Å²) in [5.41, 5.74) is 2.72. The SMILES string of the molecule is CCCCc1ccc(C2CCC(OCc3ccc(C4CCC(CC)CC4)c(F)c3F)CC2)cc1F. The Bertz CT molecular complexity index is 956. The molecule has 2 aromatic rings. The third-order valence-corrected chi connectivity index (χ3v) is 8.55. The van der Waals surface area contributed by atoms with E-state index in [1.54, 1.807) is 18.2 Å². The molecule has 2 fully saturated rings. The summed E-state index contributed by atoms with van der Waals surface area (Å²) in [6, 6.07) is 9.23. The van der Waals surface area contributed by atoms with E-state index in [0.717, 1.165) is 87.7 Å². The highest BCUT2D eigenvalue weighted by molar-refractivity contribution is 5.30. The lowest BCUT2D eigenvalue weighted by atomic mass is 9.77. The van der Waals surface area contributed by atoms with Gasteiger partial charge in [0.15, 0.2) is 11.6 Å². The molecule has 4 heteroatoms. The highest BCUT2D eigenvalue weighted by Crippen LogP contribution is 2.39. The summed E-state index contributed by atoms with van der Waals surface area (Å²) in [5, 5.41) is 0. The number of halogens is 3. The molecule has 2 aliphatic rings. The van der Waals surface area contributed by atoms with Gasteiger partial charge in [-0.05, 0) is 105 Å². The van der Waals surface area contributed by atoms with Gasteiger partial charge in [0.05, 0.1) is 12.7 Å². The molecular weight excluding hydrogens is 445 g/mol. The lowest BCUT2D eigenvalue weighted by molar-refractivity contribution is 0.0118. The molecule has 4 rings (SSSR count). The van der Waals surface area contributed by atoms with Crippen molar-refractivity contribution in [3.05, 3.63) is 70.0 Å². The smallest absolute Gasteiger partial charge is 0.164 e. The van der Waals surface area contributed by atoms with Gasteiger partial charge in [0.1, 0.15) is 5.82 Å². The van der Waals surface area contributed by atoms with Crippen LogP contribution in [0.4, 0.5) is 13.2 Å². The highest BCUT2D eigenvalue weighted by atomic mass is 19.2. The van der Waals surface area contributed by atoms with Gasteiger partial charge in [0.2, 0.25) is 0 Å². The molecule has 1 nitrogen and oxygen atoms in total. The topological polar surface area (TPSA) is 9.23 Å². The van der Waals surface area contributed by atoms with E-state index < -0.39 is 11.6 Å². The molecule has 0 bridgehead atoms. The van der Waals surface area contributed by atoms with E-state index in [0.29, 0.717) is 17.0 Å². The van der Waals surface area contributed by atoms with Gasteiger partial charge in [-0.25, -0.2) is 13.2 Å². The van der Waals surface area contributed by atoms with Gasteiger partial charge in [-0.3, -0.25) is 0 Å². The van der Waals surface area contributed by atoms with Crippen LogP contribution in [0.2, 0.25) is 0 Å². The summed E-state index contributed by atoms with van der Waals surface area (Å²) in [6.07, 6.45) is 11.7. The van der Waals surface area contributed by atoms with Gasteiger partial charge in [-0.1, -0.05) is 51.0 Å². The first-order valence-electron chi connectivity index (χ1n) is 13.9. The number of benzene rings is 2. The fraction of sp³-hybridized carbons (Fsp3) is 0.613. The van der Waals surface area contributed by atoms with Gasteiger partial charge in [0.25, 0.3) is 0 Å². The van der Waals surface area contributed by atoms with Crippen LogP contribution < -0.4 is 0 Å². The van der Waals surface area contributed by atoms with E-state index in [2.05, 4.69) is 19.9 Å². The second kappa shape index (κ2) is 12.4. The van der Waals surface area contributed by atoms with Crippen LogP contribution in [0, 0.1) is 23.4 Å². The summed E-state index contributed by atoms with van der Waals surface area (Å²) in [5.74, 6) is -0.324. The minimum absolute atomic E-state index is 0.0337. The van der Waals surface area contributed by atoms with E-state index >= 15 is 0 Å². The molecule has 0 radical (unpaired) electrons. The quantitative estimate of drug-likeness (QED) is 0.343. The summed E-state index contributed by atoms with van der Waals surface area (Å²) >= 11 is 0. The van der Waals surface area contributed by atoms with E-state index in [9.17, 15) is 13.2 Å². The van der Waals surface area contributed by atoms with Gasteiger partial charge < -0.3 is 4.74 Å². The molecule has 192 valence electrons. The largest absolute Gasteiger partial charge is 0.373 e. The lowest BCUT2D eigenvalue weighted by Gasteiger charge is -2.29. The molecule has 0 saturated heterocycles. The minimum atomic E-state index is -0.743. The number of aryl methyl sites for hydroxylation is 1. The molecule has 0 aromatic heterocycles. The third-order valence-electron chi connectivity index (χ3n) is 8.55. The van der Waals surface area contributed by atoms with Crippen LogP contribution in [0.1, 0.15) is 119 Å². The Morgan fingerprint density at radius 2 is 1.46 bits per heavy atom. The number of rotatable bonds is 9. The molecule has 0 N–H and O–H groups in total. The normalized spacial score (nSPS) is 25.1. The second-order valence-electron chi connectivity index (χ2n) is 10.8. The Kier molecular flexibility index (Phi) is 9.33. The molecule has 0 heterocycles. The van der Waals surface area contributed by atoms with Crippen LogP contribution in [-0.2, 0) is 17.8 Å². The maximum atomic E-state index is 14.9. The number of hydrogen-bond acceptors (Lipinski definition) is 1. The third kappa shape index (κ3) is 6.50. The minimum Gasteiger partial charge on any atom is -0.373 e. The zero-order chi connectivity index (χ0) is 24.8. The highest BCUT2D eigenvalue weighted by Gasteiger charge is 2.27. The van der Waals surface area contributed by atoms with Gasteiger partial charge in [0, 0.05) is 5.56 Å². The molecule has 0 spiro atoms. The first-order chi connectivity index (χ1) is 17.0. The van der Waals surface area contributed by atoms with Crippen molar-refractivity contribution in [2.75, 3.05) is 0 Å². The van der Waals surface area contributed by atoms with Crippen molar-refractivity contribution >= 4 is 0 Å². The number of unbranched alkanes of at least 4 members (excludes halogenated alkanes) is 1.